The van der Waals surface area contributed by atoms with Gasteiger partial charge in [-0.25, -0.2) is 4.79 Å². The quantitative estimate of drug-likeness (QED) is 0.849. The lowest BCUT2D eigenvalue weighted by Gasteiger charge is -2.21. The fraction of sp³-hybridized carbons (Fsp3) is 0.429. The summed E-state index contributed by atoms with van der Waals surface area (Å²) in [5, 5.41) is 18.9. The molecule has 1 aromatic rings. The van der Waals surface area contributed by atoms with E-state index in [1.807, 2.05) is 0 Å². The van der Waals surface area contributed by atoms with E-state index in [0.29, 0.717) is 0 Å². The summed E-state index contributed by atoms with van der Waals surface area (Å²) < 4.78 is 10.1. The second kappa shape index (κ2) is 6.01. The Morgan fingerprint density at radius 1 is 1.33 bits per heavy atom. The molecule has 0 spiro atoms. The number of carboxylic acids is 1. The molecule has 1 saturated heterocycles. The van der Waals surface area contributed by atoms with Crippen LogP contribution in [0.2, 0.25) is 0 Å². The zero-order valence-corrected chi connectivity index (χ0v) is 11.8. The normalized spacial score (nSPS) is 21.3. The van der Waals surface area contributed by atoms with Gasteiger partial charge in [-0.1, -0.05) is 0 Å². The molecule has 1 aliphatic rings. The Bertz CT molecular complexity index is 558. The largest absolute Gasteiger partial charge is 0.504 e. The molecule has 2 atom stereocenters. The van der Waals surface area contributed by atoms with E-state index >= 15 is 0 Å². The Morgan fingerprint density at radius 2 is 2.05 bits per heavy atom. The molecule has 1 aromatic carbocycles. The number of nitrogens with zero attached hydrogens (tertiary/aromatic N) is 1. The maximum absolute atomic E-state index is 12.4. The molecule has 21 heavy (non-hydrogen) atoms. The van der Waals surface area contributed by atoms with Crippen LogP contribution in [-0.2, 0) is 9.53 Å². The summed E-state index contributed by atoms with van der Waals surface area (Å²) in [6.45, 7) is 0.207. The van der Waals surface area contributed by atoms with Crippen molar-refractivity contribution in [3.05, 3.63) is 23.8 Å². The molecule has 1 fully saturated rings. The number of ether oxygens (including phenoxy) is 2. The second-order valence-corrected chi connectivity index (χ2v) is 4.79. The zero-order chi connectivity index (χ0) is 15.6. The van der Waals surface area contributed by atoms with Crippen molar-refractivity contribution in [1.82, 2.24) is 4.90 Å². The van der Waals surface area contributed by atoms with Gasteiger partial charge < -0.3 is 24.6 Å². The van der Waals surface area contributed by atoms with E-state index in [-0.39, 0.29) is 36.1 Å². The fourth-order valence-electron chi connectivity index (χ4n) is 2.42. The lowest BCUT2D eigenvalue weighted by Crippen LogP contribution is -2.40. The first-order valence-corrected chi connectivity index (χ1v) is 6.41. The molecule has 7 nitrogen and oxygen atoms in total. The van der Waals surface area contributed by atoms with Gasteiger partial charge in [0.15, 0.2) is 11.5 Å². The van der Waals surface area contributed by atoms with Gasteiger partial charge >= 0.3 is 5.97 Å². The molecule has 2 unspecified atom stereocenters. The number of carbonyl (C=O) groups excluding carboxylic acids is 1. The Balaban J connectivity index is 2.25. The van der Waals surface area contributed by atoms with Crippen molar-refractivity contribution >= 4 is 11.9 Å². The highest BCUT2D eigenvalue weighted by atomic mass is 16.5. The van der Waals surface area contributed by atoms with Gasteiger partial charge in [-0.05, 0) is 18.2 Å². The van der Waals surface area contributed by atoms with Crippen molar-refractivity contribution in [3.8, 4) is 11.5 Å². The Hall–Kier alpha value is -2.28. The Morgan fingerprint density at radius 3 is 2.57 bits per heavy atom. The molecule has 0 bridgehead atoms. The summed E-state index contributed by atoms with van der Waals surface area (Å²) in [4.78, 5) is 24.9. The number of amides is 1. The van der Waals surface area contributed by atoms with E-state index in [1.165, 1.54) is 37.3 Å². The summed E-state index contributed by atoms with van der Waals surface area (Å²) in [5.74, 6) is -1.45. The molecule has 0 aliphatic carbocycles. The van der Waals surface area contributed by atoms with Gasteiger partial charge in [0.05, 0.1) is 13.2 Å². The first kappa shape index (κ1) is 15.1. The highest BCUT2D eigenvalue weighted by Crippen LogP contribution is 2.28. The van der Waals surface area contributed by atoms with Crippen LogP contribution in [0.25, 0.3) is 0 Å². The SMILES string of the molecule is COc1ccc(C(=O)N2CC(OC)CC2C(=O)O)cc1O. The first-order chi connectivity index (χ1) is 9.97. The van der Waals surface area contributed by atoms with Crippen molar-refractivity contribution in [3.63, 3.8) is 0 Å². The van der Waals surface area contributed by atoms with Gasteiger partial charge in [0.1, 0.15) is 6.04 Å². The molecule has 1 heterocycles. The monoisotopic (exact) mass is 295 g/mol. The standard InChI is InChI=1S/C14H17NO6/c1-20-9-6-10(14(18)19)15(7-9)13(17)8-3-4-12(21-2)11(16)5-8/h3-5,9-10,16H,6-7H2,1-2H3,(H,18,19). The van der Waals surface area contributed by atoms with E-state index in [9.17, 15) is 19.8 Å². The van der Waals surface area contributed by atoms with Crippen LogP contribution >= 0.6 is 0 Å². The number of aromatic hydroxyl groups is 1. The predicted molar refractivity (Wildman–Crippen MR) is 72.5 cm³/mol. The van der Waals surface area contributed by atoms with Gasteiger partial charge in [-0.3, -0.25) is 4.79 Å². The van der Waals surface area contributed by atoms with E-state index in [2.05, 4.69) is 0 Å². The van der Waals surface area contributed by atoms with Crippen LogP contribution in [-0.4, -0.2) is 59.9 Å². The van der Waals surface area contributed by atoms with Crippen LogP contribution in [0.15, 0.2) is 18.2 Å². The second-order valence-electron chi connectivity index (χ2n) is 4.79. The minimum absolute atomic E-state index is 0.169. The third-order valence-electron chi connectivity index (χ3n) is 3.57. The molecule has 0 aromatic heterocycles. The van der Waals surface area contributed by atoms with Crippen molar-refractivity contribution < 1.29 is 29.3 Å². The number of carbonyl (C=O) groups is 2. The number of methoxy groups -OCH3 is 2. The van der Waals surface area contributed by atoms with E-state index < -0.39 is 17.9 Å². The van der Waals surface area contributed by atoms with E-state index in [0.717, 1.165) is 0 Å². The summed E-state index contributed by atoms with van der Waals surface area (Å²) in [6.07, 6.45) is -0.0541. The fourth-order valence-corrected chi connectivity index (χ4v) is 2.42. The van der Waals surface area contributed by atoms with E-state index in [1.54, 1.807) is 0 Å². The van der Waals surface area contributed by atoms with Gasteiger partial charge in [-0.15, -0.1) is 0 Å². The minimum Gasteiger partial charge on any atom is -0.504 e. The first-order valence-electron chi connectivity index (χ1n) is 6.41. The topological polar surface area (TPSA) is 96.3 Å². The van der Waals surface area contributed by atoms with Gasteiger partial charge in [0.2, 0.25) is 0 Å². The number of aliphatic carboxylic acids is 1. The number of likely N-dealkylation sites (tertiary alicyclic amines) is 1. The van der Waals surface area contributed by atoms with Gasteiger partial charge in [0.25, 0.3) is 5.91 Å². The number of benzene rings is 1. The number of hydrogen-bond acceptors (Lipinski definition) is 5. The maximum atomic E-state index is 12.4. The molecule has 7 heteroatoms. The van der Waals surface area contributed by atoms with Crippen LogP contribution < -0.4 is 4.74 Å². The summed E-state index contributed by atoms with van der Waals surface area (Å²) in [5.41, 5.74) is 0.205. The Kier molecular flexibility index (Phi) is 4.32. The number of rotatable bonds is 4. The van der Waals surface area contributed by atoms with Crippen LogP contribution in [0, 0.1) is 0 Å². The van der Waals surface area contributed by atoms with E-state index in [4.69, 9.17) is 9.47 Å². The number of phenolic OH excluding ortho intramolecular Hbond substituents is 1. The van der Waals surface area contributed by atoms with Crippen molar-refractivity contribution in [2.75, 3.05) is 20.8 Å². The molecule has 1 amide bonds. The number of carboxylic acid groups (broad SMARTS) is 1. The van der Waals surface area contributed by atoms with Gasteiger partial charge in [-0.2, -0.15) is 0 Å². The number of phenols is 1. The molecular weight excluding hydrogens is 278 g/mol. The van der Waals surface area contributed by atoms with Crippen LogP contribution in [0.5, 0.6) is 11.5 Å². The molecule has 114 valence electrons. The summed E-state index contributed by atoms with van der Waals surface area (Å²) in [6, 6.07) is 3.29. The van der Waals surface area contributed by atoms with Crippen LogP contribution in [0.4, 0.5) is 0 Å². The highest BCUT2D eigenvalue weighted by Gasteiger charge is 2.40. The molecular formula is C14H17NO6. The summed E-state index contributed by atoms with van der Waals surface area (Å²) in [7, 11) is 2.89. The molecule has 2 N–H and O–H groups in total. The maximum Gasteiger partial charge on any atom is 0.326 e. The molecule has 1 aliphatic heterocycles. The Labute approximate surface area is 121 Å². The average Bonchev–Trinajstić information content (AvgIpc) is 2.90. The van der Waals surface area contributed by atoms with Crippen molar-refractivity contribution in [1.29, 1.82) is 0 Å². The smallest absolute Gasteiger partial charge is 0.326 e. The molecule has 2 rings (SSSR count). The predicted octanol–water partition coefficient (Wildman–Crippen LogP) is 0.715. The summed E-state index contributed by atoms with van der Waals surface area (Å²) >= 11 is 0. The minimum atomic E-state index is -1.07. The average molecular weight is 295 g/mol. The molecule has 0 radical (unpaired) electrons. The molecule has 0 saturated carbocycles. The lowest BCUT2D eigenvalue weighted by atomic mass is 10.1. The van der Waals surface area contributed by atoms with Crippen LogP contribution in [0.3, 0.4) is 0 Å². The third-order valence-corrected chi connectivity index (χ3v) is 3.57. The lowest BCUT2D eigenvalue weighted by molar-refractivity contribution is -0.141. The zero-order valence-electron chi connectivity index (χ0n) is 11.8. The van der Waals surface area contributed by atoms with Crippen molar-refractivity contribution in [2.45, 2.75) is 18.6 Å². The highest BCUT2D eigenvalue weighted by molar-refractivity contribution is 5.97. The van der Waals surface area contributed by atoms with Gasteiger partial charge in [0, 0.05) is 25.6 Å². The van der Waals surface area contributed by atoms with Crippen molar-refractivity contribution in [2.24, 2.45) is 0 Å². The number of hydrogen-bond donors (Lipinski definition) is 2. The third kappa shape index (κ3) is 2.92. The van der Waals surface area contributed by atoms with Crippen LogP contribution in [0.1, 0.15) is 16.8 Å².